The number of nitrogens with zero attached hydrogens (tertiary/aromatic N) is 3. The zero-order valence-corrected chi connectivity index (χ0v) is 15.5. The predicted octanol–water partition coefficient (Wildman–Crippen LogP) is 2.99. The van der Waals surface area contributed by atoms with Gasteiger partial charge >= 0.3 is 0 Å². The van der Waals surface area contributed by atoms with Crippen LogP contribution in [0.1, 0.15) is 50.4 Å². The molecule has 0 aliphatic heterocycles. The highest BCUT2D eigenvalue weighted by atomic mass is 32.2. The van der Waals surface area contributed by atoms with E-state index in [2.05, 4.69) is 21.8 Å². The summed E-state index contributed by atoms with van der Waals surface area (Å²) in [5.41, 5.74) is 0.791. The summed E-state index contributed by atoms with van der Waals surface area (Å²) in [6, 6.07) is 5.63. The Hall–Kier alpha value is -1.60. The maximum Gasteiger partial charge on any atom is 0.246 e. The number of amides is 1. The lowest BCUT2D eigenvalue weighted by molar-refractivity contribution is -0.129. The summed E-state index contributed by atoms with van der Waals surface area (Å²) in [5, 5.41) is 11.6. The van der Waals surface area contributed by atoms with Gasteiger partial charge in [-0.05, 0) is 43.4 Å². The third-order valence-electron chi connectivity index (χ3n) is 4.60. The van der Waals surface area contributed by atoms with E-state index in [1.165, 1.54) is 19.3 Å². The van der Waals surface area contributed by atoms with Gasteiger partial charge in [-0.1, -0.05) is 25.3 Å². The van der Waals surface area contributed by atoms with E-state index in [-0.39, 0.29) is 24.7 Å². The number of carbonyl (C=O) groups is 1. The molecule has 25 heavy (non-hydrogen) atoms. The molecule has 0 bridgehead atoms. The number of fused-ring (bicyclic) bond motifs is 1. The summed E-state index contributed by atoms with van der Waals surface area (Å²) < 4.78 is 7.73. The van der Waals surface area contributed by atoms with Crippen molar-refractivity contribution < 1.29 is 9.53 Å². The topological polar surface area (TPSA) is 68.5 Å². The smallest absolute Gasteiger partial charge is 0.246 e. The number of hydrogen-bond donors (Lipinski definition) is 1. The maximum absolute atomic E-state index is 12.4. The molecule has 0 saturated heterocycles. The minimum Gasteiger partial charge on any atom is -0.368 e. The maximum atomic E-state index is 12.4. The number of carbonyl (C=O) groups excluding carboxylic acids is 1. The molecule has 3 rings (SSSR count). The number of nitrogens with one attached hydrogen (secondary N) is 1. The summed E-state index contributed by atoms with van der Waals surface area (Å²) in [5.74, 6) is 1.64. The molecule has 1 amide bonds. The fourth-order valence-electron chi connectivity index (χ4n) is 3.26. The third kappa shape index (κ3) is 4.95. The van der Waals surface area contributed by atoms with Crippen molar-refractivity contribution in [2.75, 3.05) is 18.6 Å². The van der Waals surface area contributed by atoms with Gasteiger partial charge in [0.15, 0.2) is 11.5 Å². The first kappa shape index (κ1) is 18.2. The van der Waals surface area contributed by atoms with E-state index < -0.39 is 0 Å². The van der Waals surface area contributed by atoms with Crippen LogP contribution in [-0.2, 0) is 9.53 Å². The number of pyridine rings is 1. The Balaban J connectivity index is 1.63. The molecule has 7 heteroatoms. The zero-order valence-electron chi connectivity index (χ0n) is 14.7. The van der Waals surface area contributed by atoms with Crippen LogP contribution in [0.5, 0.6) is 0 Å². The summed E-state index contributed by atoms with van der Waals surface area (Å²) in [6.45, 7) is 0.122. The van der Waals surface area contributed by atoms with Crippen molar-refractivity contribution in [3.63, 3.8) is 0 Å². The molecule has 2 aromatic rings. The van der Waals surface area contributed by atoms with E-state index >= 15 is 0 Å². The zero-order chi connectivity index (χ0) is 17.5. The minimum atomic E-state index is -0.160. The molecular formula is C18H26N4O2S. The summed E-state index contributed by atoms with van der Waals surface area (Å²) in [6.07, 6.45) is 10.9. The van der Waals surface area contributed by atoms with Crippen molar-refractivity contribution in [2.24, 2.45) is 0 Å². The Bertz CT molecular complexity index is 685. The third-order valence-corrected chi connectivity index (χ3v) is 5.24. The lowest BCUT2D eigenvalue weighted by atomic mass is 9.98. The van der Waals surface area contributed by atoms with Crippen LogP contribution < -0.4 is 5.32 Å². The lowest BCUT2D eigenvalue weighted by Crippen LogP contribution is -2.34. The van der Waals surface area contributed by atoms with Crippen molar-refractivity contribution >= 4 is 23.3 Å². The lowest BCUT2D eigenvalue weighted by Gasteiger charge is -2.22. The van der Waals surface area contributed by atoms with Gasteiger partial charge in [-0.2, -0.15) is 11.8 Å². The molecule has 1 N–H and O–H groups in total. The summed E-state index contributed by atoms with van der Waals surface area (Å²) in [7, 11) is 0. The van der Waals surface area contributed by atoms with Crippen molar-refractivity contribution in [1.82, 2.24) is 19.9 Å². The molecule has 1 saturated carbocycles. The molecule has 0 aromatic carbocycles. The van der Waals surface area contributed by atoms with Gasteiger partial charge < -0.3 is 10.1 Å². The van der Waals surface area contributed by atoms with Crippen molar-refractivity contribution in [3.05, 3.63) is 30.2 Å². The van der Waals surface area contributed by atoms with E-state index in [0.29, 0.717) is 0 Å². The Morgan fingerprint density at radius 2 is 2.20 bits per heavy atom. The molecule has 1 fully saturated rings. The predicted molar refractivity (Wildman–Crippen MR) is 99.7 cm³/mol. The number of rotatable bonds is 8. The van der Waals surface area contributed by atoms with E-state index in [1.807, 2.05) is 28.8 Å². The van der Waals surface area contributed by atoms with Crippen molar-refractivity contribution in [2.45, 2.75) is 50.7 Å². The fourth-order valence-corrected chi connectivity index (χ4v) is 3.73. The van der Waals surface area contributed by atoms with Gasteiger partial charge in [0.2, 0.25) is 5.91 Å². The molecule has 136 valence electrons. The molecule has 1 aliphatic carbocycles. The molecule has 0 spiro atoms. The van der Waals surface area contributed by atoms with Crippen LogP contribution in [0.25, 0.3) is 5.65 Å². The monoisotopic (exact) mass is 362 g/mol. The van der Waals surface area contributed by atoms with Crippen LogP contribution >= 0.6 is 11.8 Å². The summed E-state index contributed by atoms with van der Waals surface area (Å²) >= 11 is 1.76. The molecule has 1 aliphatic rings. The van der Waals surface area contributed by atoms with Crippen LogP contribution in [-0.4, -0.2) is 45.2 Å². The highest BCUT2D eigenvalue weighted by Crippen LogP contribution is 2.21. The van der Waals surface area contributed by atoms with Crippen molar-refractivity contribution in [1.29, 1.82) is 0 Å². The van der Waals surface area contributed by atoms with Crippen LogP contribution in [0.3, 0.4) is 0 Å². The first-order chi connectivity index (χ1) is 12.3. The Kier molecular flexibility index (Phi) is 6.69. The number of aromatic nitrogens is 3. The fraction of sp³-hybridized carbons (Fsp3) is 0.611. The normalized spacial score (nSPS) is 16.8. The van der Waals surface area contributed by atoms with Gasteiger partial charge in [0, 0.05) is 6.20 Å². The quantitative estimate of drug-likeness (QED) is 0.782. The van der Waals surface area contributed by atoms with Crippen LogP contribution in [0, 0.1) is 0 Å². The number of thioether (sulfide) groups is 1. The van der Waals surface area contributed by atoms with Gasteiger partial charge in [-0.25, -0.2) is 0 Å². The highest BCUT2D eigenvalue weighted by molar-refractivity contribution is 7.98. The second-order valence-electron chi connectivity index (χ2n) is 6.46. The molecule has 6 nitrogen and oxygen atoms in total. The number of ether oxygens (including phenoxy) is 1. The van der Waals surface area contributed by atoms with Gasteiger partial charge in [0.1, 0.15) is 6.61 Å². The van der Waals surface area contributed by atoms with Gasteiger partial charge in [-0.15, -0.1) is 10.2 Å². The van der Waals surface area contributed by atoms with E-state index in [0.717, 1.165) is 36.5 Å². The van der Waals surface area contributed by atoms with E-state index in [9.17, 15) is 4.79 Å². The van der Waals surface area contributed by atoms with Gasteiger partial charge in [0.05, 0.1) is 12.1 Å². The van der Waals surface area contributed by atoms with Crippen LogP contribution in [0.2, 0.25) is 0 Å². The van der Waals surface area contributed by atoms with Gasteiger partial charge in [-0.3, -0.25) is 9.20 Å². The Morgan fingerprint density at radius 3 is 3.00 bits per heavy atom. The molecular weight excluding hydrogens is 336 g/mol. The van der Waals surface area contributed by atoms with Crippen molar-refractivity contribution in [3.8, 4) is 0 Å². The highest BCUT2D eigenvalue weighted by Gasteiger charge is 2.21. The standard InChI is InChI=1S/C18H26N4O2S/c1-25-12-10-15(18-21-20-16-9-5-6-11-22(16)18)19-17(23)13-24-14-7-3-2-4-8-14/h5-6,9,11,14-15H,2-4,7-8,10,12-13H2,1H3,(H,19,23). The average Bonchev–Trinajstić information content (AvgIpc) is 3.08. The minimum absolute atomic E-state index is 0.0793. The second-order valence-corrected chi connectivity index (χ2v) is 7.45. The average molecular weight is 362 g/mol. The first-order valence-electron chi connectivity index (χ1n) is 8.97. The SMILES string of the molecule is CSCCC(NC(=O)COC1CCCCC1)c1nnc2ccccn12. The largest absolute Gasteiger partial charge is 0.368 e. The molecule has 1 unspecified atom stereocenters. The summed E-state index contributed by atoms with van der Waals surface area (Å²) in [4.78, 5) is 12.4. The van der Waals surface area contributed by atoms with Gasteiger partial charge in [0.25, 0.3) is 0 Å². The van der Waals surface area contributed by atoms with E-state index in [1.54, 1.807) is 11.8 Å². The molecule has 0 radical (unpaired) electrons. The van der Waals surface area contributed by atoms with Crippen LogP contribution in [0.15, 0.2) is 24.4 Å². The second kappa shape index (κ2) is 9.20. The number of hydrogen-bond acceptors (Lipinski definition) is 5. The molecule has 2 heterocycles. The van der Waals surface area contributed by atoms with Crippen LogP contribution in [0.4, 0.5) is 0 Å². The molecule has 2 aromatic heterocycles. The Labute approximate surface area is 152 Å². The van der Waals surface area contributed by atoms with E-state index in [4.69, 9.17) is 4.74 Å². The first-order valence-corrected chi connectivity index (χ1v) is 10.4. The Morgan fingerprint density at radius 1 is 1.36 bits per heavy atom. The molecule has 1 atom stereocenters.